The van der Waals surface area contributed by atoms with Crippen LogP contribution < -0.4 is 0 Å². The fraction of sp³-hybridized carbons (Fsp3) is 0.625. The van der Waals surface area contributed by atoms with Gasteiger partial charge in [-0.15, -0.1) is 0 Å². The minimum Gasteiger partial charge on any atom is -0.303 e. The van der Waals surface area contributed by atoms with Crippen molar-refractivity contribution in [2.24, 2.45) is 5.92 Å². The topological polar surface area (TPSA) is 34.1 Å². The molecule has 0 aromatic heterocycles. The van der Waals surface area contributed by atoms with Gasteiger partial charge >= 0.3 is 0 Å². The summed E-state index contributed by atoms with van der Waals surface area (Å²) < 4.78 is 0. The molecule has 0 fully saturated rings. The Bertz CT molecular complexity index is 175. The second-order valence-corrected chi connectivity index (χ2v) is 3.26. The van der Waals surface area contributed by atoms with Crippen molar-refractivity contribution in [1.82, 2.24) is 0 Å². The Morgan fingerprint density at radius 2 is 2.09 bits per heavy atom. The molecule has 0 saturated carbocycles. The summed E-state index contributed by atoms with van der Waals surface area (Å²) in [5, 5.41) is 0. The molecule has 0 bridgehead atoms. The molecule has 0 aliphatic carbocycles. The van der Waals surface area contributed by atoms with Gasteiger partial charge in [-0.3, -0.25) is 0 Å². The Morgan fingerprint density at radius 1 is 1.55 bits per heavy atom. The zero-order valence-electron chi connectivity index (χ0n) is 6.79. The molecule has 0 radical (unpaired) electrons. The van der Waals surface area contributed by atoms with Gasteiger partial charge in [-0.1, -0.05) is 12.2 Å². The first-order valence-electron chi connectivity index (χ1n) is 3.51. The van der Waals surface area contributed by atoms with Crippen LogP contribution >= 0.6 is 12.2 Å². The molecule has 0 aliphatic heterocycles. The number of hydrogen-bond acceptors (Lipinski definition) is 3. The van der Waals surface area contributed by atoms with Crippen LogP contribution in [0.3, 0.4) is 0 Å². The largest absolute Gasteiger partial charge is 0.303 e. The molecule has 0 rings (SSSR count). The second-order valence-electron chi connectivity index (χ2n) is 2.62. The van der Waals surface area contributed by atoms with E-state index in [0.29, 0.717) is 12.8 Å². The highest BCUT2D eigenvalue weighted by Crippen LogP contribution is 2.09. The van der Waals surface area contributed by atoms with Crippen LogP contribution in [0.4, 0.5) is 0 Å². The van der Waals surface area contributed by atoms with Crippen molar-refractivity contribution in [3.63, 3.8) is 0 Å². The summed E-state index contributed by atoms with van der Waals surface area (Å²) >= 11 is 4.89. The van der Waals surface area contributed by atoms with Gasteiger partial charge in [0.25, 0.3) is 0 Å². The van der Waals surface area contributed by atoms with E-state index in [1.54, 1.807) is 6.92 Å². The van der Waals surface area contributed by atoms with Gasteiger partial charge in [-0.25, -0.2) is 0 Å². The average Bonchev–Trinajstić information content (AvgIpc) is 1.86. The molecule has 0 aromatic carbocycles. The third-order valence-corrected chi connectivity index (χ3v) is 1.82. The van der Waals surface area contributed by atoms with Crippen LogP contribution in [-0.4, -0.2) is 16.9 Å². The van der Waals surface area contributed by atoms with Crippen molar-refractivity contribution >= 4 is 29.2 Å². The summed E-state index contributed by atoms with van der Waals surface area (Å²) in [6.45, 7) is 3.28. The molecule has 1 unspecified atom stereocenters. The van der Waals surface area contributed by atoms with Crippen molar-refractivity contribution in [3.05, 3.63) is 0 Å². The SMILES string of the molecule is CC(=O)CC(CC=O)C(C)=S. The Kier molecular flexibility index (Phi) is 4.86. The molecule has 3 heteroatoms. The van der Waals surface area contributed by atoms with E-state index in [0.717, 1.165) is 11.2 Å². The molecule has 2 nitrogen and oxygen atoms in total. The molecule has 0 heterocycles. The number of thiocarbonyl (C=S) groups is 1. The summed E-state index contributed by atoms with van der Waals surface area (Å²) in [6, 6.07) is 0. The van der Waals surface area contributed by atoms with Crippen LogP contribution in [0, 0.1) is 5.92 Å². The van der Waals surface area contributed by atoms with E-state index in [-0.39, 0.29) is 11.7 Å². The summed E-state index contributed by atoms with van der Waals surface area (Å²) in [4.78, 5) is 21.5. The predicted octanol–water partition coefficient (Wildman–Crippen LogP) is 1.56. The first-order chi connectivity index (χ1) is 5.07. The maximum atomic E-state index is 10.7. The molecule has 0 saturated heterocycles. The number of carbonyl (C=O) groups is 2. The Labute approximate surface area is 72.0 Å². The van der Waals surface area contributed by atoms with Crippen LogP contribution in [0.15, 0.2) is 0 Å². The van der Waals surface area contributed by atoms with Crippen molar-refractivity contribution in [3.8, 4) is 0 Å². The van der Waals surface area contributed by atoms with Crippen molar-refractivity contribution in [1.29, 1.82) is 0 Å². The predicted molar refractivity (Wildman–Crippen MR) is 47.7 cm³/mol. The van der Waals surface area contributed by atoms with Crippen LogP contribution in [0.1, 0.15) is 26.7 Å². The highest BCUT2D eigenvalue weighted by atomic mass is 32.1. The van der Waals surface area contributed by atoms with E-state index >= 15 is 0 Å². The number of aldehydes is 1. The lowest BCUT2D eigenvalue weighted by Gasteiger charge is -2.08. The van der Waals surface area contributed by atoms with Gasteiger partial charge in [0.05, 0.1) is 0 Å². The summed E-state index contributed by atoms with van der Waals surface area (Å²) in [6.07, 6.45) is 1.58. The molecule has 1 atom stereocenters. The third kappa shape index (κ3) is 4.79. The Balaban J connectivity index is 3.99. The first kappa shape index (κ1) is 10.4. The zero-order valence-corrected chi connectivity index (χ0v) is 7.61. The lowest BCUT2D eigenvalue weighted by atomic mass is 9.97. The van der Waals surface area contributed by atoms with E-state index in [1.165, 1.54) is 6.92 Å². The lowest BCUT2D eigenvalue weighted by Crippen LogP contribution is -2.13. The lowest BCUT2D eigenvalue weighted by molar-refractivity contribution is -0.117. The van der Waals surface area contributed by atoms with Gasteiger partial charge in [0, 0.05) is 18.8 Å². The number of carbonyl (C=O) groups excluding carboxylic acids is 2. The number of ketones is 1. The molecule has 0 aliphatic rings. The van der Waals surface area contributed by atoms with E-state index in [2.05, 4.69) is 0 Å². The third-order valence-electron chi connectivity index (χ3n) is 1.49. The molecule has 0 amide bonds. The average molecular weight is 172 g/mol. The summed E-state index contributed by atoms with van der Waals surface area (Å²) in [5.41, 5.74) is 0. The van der Waals surface area contributed by atoms with Crippen LogP contribution in [0.2, 0.25) is 0 Å². The van der Waals surface area contributed by atoms with Crippen LogP contribution in [-0.2, 0) is 9.59 Å². The van der Waals surface area contributed by atoms with E-state index < -0.39 is 0 Å². The summed E-state index contributed by atoms with van der Waals surface area (Å²) in [7, 11) is 0. The smallest absolute Gasteiger partial charge is 0.130 e. The highest BCUT2D eigenvalue weighted by Gasteiger charge is 2.12. The van der Waals surface area contributed by atoms with Gasteiger partial charge in [0.1, 0.15) is 12.1 Å². The van der Waals surface area contributed by atoms with Gasteiger partial charge in [-0.2, -0.15) is 0 Å². The zero-order chi connectivity index (χ0) is 8.85. The molecule has 11 heavy (non-hydrogen) atoms. The van der Waals surface area contributed by atoms with Crippen molar-refractivity contribution < 1.29 is 9.59 Å². The van der Waals surface area contributed by atoms with Gasteiger partial charge in [0.2, 0.25) is 0 Å². The fourth-order valence-corrected chi connectivity index (χ4v) is 1.04. The minimum absolute atomic E-state index is 0.0278. The molecule has 0 aromatic rings. The number of Topliss-reactive ketones (excluding diaryl/α,β-unsaturated/α-hetero) is 1. The van der Waals surface area contributed by atoms with Gasteiger partial charge in [-0.05, 0) is 18.7 Å². The van der Waals surface area contributed by atoms with Crippen molar-refractivity contribution in [2.75, 3.05) is 0 Å². The van der Waals surface area contributed by atoms with Crippen LogP contribution in [0.25, 0.3) is 0 Å². The number of hydrogen-bond donors (Lipinski definition) is 0. The van der Waals surface area contributed by atoms with Gasteiger partial charge in [0.15, 0.2) is 0 Å². The maximum absolute atomic E-state index is 10.7. The summed E-state index contributed by atoms with van der Waals surface area (Å²) in [5.74, 6) is 0.0565. The quantitative estimate of drug-likeness (QED) is 0.466. The van der Waals surface area contributed by atoms with E-state index in [1.807, 2.05) is 0 Å². The molecular weight excluding hydrogens is 160 g/mol. The monoisotopic (exact) mass is 172 g/mol. The molecule has 0 N–H and O–H groups in total. The highest BCUT2D eigenvalue weighted by molar-refractivity contribution is 7.80. The van der Waals surface area contributed by atoms with E-state index in [4.69, 9.17) is 12.2 Å². The fourth-order valence-electron chi connectivity index (χ4n) is 0.856. The van der Waals surface area contributed by atoms with Gasteiger partial charge < -0.3 is 9.59 Å². The molecule has 62 valence electrons. The standard InChI is InChI=1S/C8H12O2S/c1-6(10)5-8(3-4-9)7(2)11/h4,8H,3,5H2,1-2H3. The minimum atomic E-state index is -0.0278. The maximum Gasteiger partial charge on any atom is 0.130 e. The normalized spacial score (nSPS) is 12.2. The van der Waals surface area contributed by atoms with E-state index in [9.17, 15) is 9.59 Å². The Morgan fingerprint density at radius 3 is 2.36 bits per heavy atom. The van der Waals surface area contributed by atoms with Crippen LogP contribution in [0.5, 0.6) is 0 Å². The first-order valence-corrected chi connectivity index (χ1v) is 3.92. The molecular formula is C8H12O2S. The number of rotatable bonds is 5. The Hall–Kier alpha value is -0.570. The second kappa shape index (κ2) is 5.13. The van der Waals surface area contributed by atoms with Crippen molar-refractivity contribution in [2.45, 2.75) is 26.7 Å². The molecule has 0 spiro atoms.